The number of rotatable bonds is 21. The van der Waals surface area contributed by atoms with Crippen molar-refractivity contribution in [2.24, 2.45) is 28.2 Å². The van der Waals surface area contributed by atoms with Crippen LogP contribution in [0.15, 0.2) is 318 Å². The normalized spacial score (nSPS) is 11.7. The van der Waals surface area contributed by atoms with E-state index in [2.05, 4.69) is 108 Å². The molecule has 4 amide bonds. The molecule has 0 radical (unpaired) electrons. The van der Waals surface area contributed by atoms with Gasteiger partial charge in [-0.25, -0.2) is 38.0 Å². The van der Waals surface area contributed by atoms with Gasteiger partial charge in [0.2, 0.25) is 11.8 Å². The largest absolute Gasteiger partial charge is 0.378 e. The lowest BCUT2D eigenvalue weighted by atomic mass is 10.0. The summed E-state index contributed by atoms with van der Waals surface area (Å²) < 4.78 is 14.2. The van der Waals surface area contributed by atoms with Gasteiger partial charge in [-0.3, -0.25) is 47.6 Å². The zero-order valence-electron chi connectivity index (χ0n) is 75.4. The van der Waals surface area contributed by atoms with Gasteiger partial charge < -0.3 is 26.4 Å². The number of Topliss-reactive ketones (excluding diaryl/α,β-unsaturated/α-hetero) is 1. The Kier molecular flexibility index (Phi) is 29.0. The van der Waals surface area contributed by atoms with E-state index in [1.807, 2.05) is 234 Å². The molecule has 0 aliphatic carbocycles. The number of hydrogen-bond acceptors (Lipinski definition) is 19. The number of amides is 4. The first-order chi connectivity index (χ1) is 66.2. The highest BCUT2D eigenvalue weighted by Crippen LogP contribution is 2.36. The maximum atomic E-state index is 13.1. The highest BCUT2D eigenvalue weighted by Gasteiger charge is 2.26. The summed E-state index contributed by atoms with van der Waals surface area (Å²) in [5, 5.41) is 58.3. The highest BCUT2D eigenvalue weighted by molar-refractivity contribution is 6.46. The summed E-state index contributed by atoms with van der Waals surface area (Å²) in [5.41, 5.74) is 23.2. The predicted octanol–water partition coefficient (Wildman–Crippen LogP) is 19.7. The number of nitrogens with one attached hydrogen (secondary N) is 4. The Morgan fingerprint density at radius 3 is 0.891 bits per heavy atom. The zero-order valence-corrected chi connectivity index (χ0v) is 78.4. The van der Waals surface area contributed by atoms with Gasteiger partial charge in [0.05, 0.1) is 75.5 Å². The van der Waals surface area contributed by atoms with Gasteiger partial charge in [-0.15, -0.1) is 0 Å². The number of benzene rings is 8. The van der Waals surface area contributed by atoms with E-state index < -0.39 is 29.7 Å². The summed E-state index contributed by atoms with van der Waals surface area (Å²) in [7, 11) is 11.3. The minimum Gasteiger partial charge on any atom is -0.378 e. The number of aromatic nitrogens is 20. The Morgan fingerprint density at radius 1 is 0.328 bits per heavy atom. The Hall–Kier alpha value is -16.3. The van der Waals surface area contributed by atoms with Crippen LogP contribution in [0.1, 0.15) is 72.3 Å². The number of aliphatic hydroxyl groups is 1. The van der Waals surface area contributed by atoms with E-state index in [1.165, 1.54) is 31.2 Å². The molecule has 137 heavy (non-hydrogen) atoms. The number of hydrogen-bond donors (Lipinski definition) is 5. The average molecular weight is 1900 g/mol. The lowest BCUT2D eigenvalue weighted by Gasteiger charge is -2.24. The van der Waals surface area contributed by atoms with Crippen LogP contribution in [-0.2, 0) is 47.4 Å². The molecular weight excluding hydrogens is 1810 g/mol. The fourth-order valence-electron chi connectivity index (χ4n) is 15.0. The van der Waals surface area contributed by atoms with Gasteiger partial charge in [-0.1, -0.05) is 152 Å². The third-order valence-electron chi connectivity index (χ3n) is 21.9. The second-order valence-corrected chi connectivity index (χ2v) is 33.9. The van der Waals surface area contributed by atoms with E-state index in [-0.39, 0.29) is 23.3 Å². The van der Waals surface area contributed by atoms with Crippen molar-refractivity contribution in [3.8, 4) is 89.5 Å². The first-order valence-corrected chi connectivity index (χ1v) is 44.6. The van der Waals surface area contributed by atoms with Crippen LogP contribution < -0.4 is 21.3 Å². The molecule has 0 aliphatic heterocycles. The number of carbonyl (C=O) groups excluding carboxylic acids is 5. The van der Waals surface area contributed by atoms with Crippen LogP contribution >= 0.6 is 46.4 Å². The maximum Gasteiger partial charge on any atom is 0.296 e. The summed E-state index contributed by atoms with van der Waals surface area (Å²) in [4.78, 5) is 82.7. The standard InChI is InChI=1S/C26H24ClN7O.C25H21ClN6O.C24H19ClN6O2.C24H17ClN6O2.C3H8/c1-32(2)25(18-4-8-21(27)9-5-18)26(35)31-22-10-6-17(7-11-22)24-23-12-19(15-34(23)30-16-28-24)20-13-29-33(3)14-20;1-16(17-3-7-21(26)8-4-17)25(33)30-22-9-5-18(6-10-22)24-23-11-19(14-32(23)29-15-27-24)20-12-28-31(2)13-20;2*1-30-12-18(11-27-30)17-10-21-22(26-14-28-31(21)13-17)15-4-8-20(9-5-15)29-24(33)23(32)16-2-6-19(25)7-3-16;1-3-2/h4-16,25H,1-3H3,(H,31,35);3-16H,1-2H3,(H,30,33);2-14,23,32H,1H3,(H,29,33);2-14H,1H3,(H,29,33);3H2,1-2H3. The lowest BCUT2D eigenvalue weighted by Crippen LogP contribution is -2.32. The molecule has 12 heterocycles. The van der Waals surface area contributed by atoms with Gasteiger partial charge in [0, 0.05) is 193 Å². The third-order valence-corrected chi connectivity index (χ3v) is 22.9. The van der Waals surface area contributed by atoms with Crippen LogP contribution in [-0.4, -0.2) is 151 Å². The molecule has 0 aliphatic rings. The van der Waals surface area contributed by atoms with E-state index in [0.29, 0.717) is 42.7 Å². The number of aliphatic hydroxyl groups excluding tert-OH is 1. The van der Waals surface area contributed by atoms with Crippen LogP contribution in [0.25, 0.3) is 112 Å². The molecule has 0 spiro atoms. The average Bonchev–Trinajstić information content (AvgIpc) is 1.65. The number of nitrogens with zero attached hydrogens (tertiary/aromatic N) is 21. The monoisotopic (exact) mass is 1900 g/mol. The summed E-state index contributed by atoms with van der Waals surface area (Å²) in [6.07, 6.45) is 28.9. The van der Waals surface area contributed by atoms with Gasteiger partial charge >= 0.3 is 0 Å². The maximum absolute atomic E-state index is 13.1. The second-order valence-electron chi connectivity index (χ2n) is 32.2. The predicted molar refractivity (Wildman–Crippen MR) is 533 cm³/mol. The molecule has 20 aromatic rings. The smallest absolute Gasteiger partial charge is 0.296 e. The van der Waals surface area contributed by atoms with Gasteiger partial charge in [0.1, 0.15) is 31.4 Å². The zero-order chi connectivity index (χ0) is 96.1. The van der Waals surface area contributed by atoms with Crippen LogP contribution in [0, 0.1) is 0 Å². The number of anilines is 4. The fourth-order valence-corrected chi connectivity index (χ4v) is 15.5. The van der Waals surface area contributed by atoms with E-state index in [4.69, 9.17) is 46.4 Å². The summed E-state index contributed by atoms with van der Waals surface area (Å²) >= 11 is 23.7. The van der Waals surface area contributed by atoms with E-state index in [0.717, 1.165) is 128 Å². The van der Waals surface area contributed by atoms with E-state index in [9.17, 15) is 29.1 Å². The molecule has 20 rings (SSSR count). The summed E-state index contributed by atoms with van der Waals surface area (Å²) in [6, 6.07) is 64.7. The van der Waals surface area contributed by atoms with Crippen molar-refractivity contribution in [3.05, 3.63) is 360 Å². The summed E-state index contributed by atoms with van der Waals surface area (Å²) in [6.45, 7) is 6.12. The van der Waals surface area contributed by atoms with Crippen LogP contribution in [0.5, 0.6) is 0 Å². The molecule has 0 fully saturated rings. The topological polar surface area (TPSA) is 349 Å². The molecule has 3 unspecified atom stereocenters. The Balaban J connectivity index is 0.000000131. The molecular formula is C102H89Cl4N25O6. The van der Waals surface area contributed by atoms with Crippen LogP contribution in [0.4, 0.5) is 22.7 Å². The third kappa shape index (κ3) is 22.5. The number of aryl methyl sites for hydroxylation is 4. The molecule has 12 aromatic heterocycles. The van der Waals surface area contributed by atoms with Crippen molar-refractivity contribution in [1.29, 1.82) is 0 Å². The quantitative estimate of drug-likeness (QED) is 0.0329. The van der Waals surface area contributed by atoms with Crippen molar-refractivity contribution in [3.63, 3.8) is 0 Å². The Morgan fingerprint density at radius 2 is 0.599 bits per heavy atom. The van der Waals surface area contributed by atoms with Gasteiger partial charge in [-0.05, 0) is 171 Å². The molecule has 0 saturated heterocycles. The minimum absolute atomic E-state index is 0.0813. The number of ketones is 1. The number of carbonyl (C=O) groups is 5. The number of halogens is 4. The number of likely N-dealkylation sites (N-methyl/N-ethyl adjacent to an activating group) is 1. The van der Waals surface area contributed by atoms with Gasteiger partial charge in [-0.2, -0.15) is 40.8 Å². The highest BCUT2D eigenvalue weighted by atomic mass is 35.5. The molecule has 35 heteroatoms. The SMILES string of the molecule is CC(C(=O)Nc1ccc(-c2ncnn3cc(-c4cnn(C)c4)cc23)cc1)c1ccc(Cl)cc1.CCC.CN(C)C(C(=O)Nc1ccc(-c2ncnn3cc(-c4cnn(C)c4)cc23)cc1)c1ccc(Cl)cc1.Cn1cc(-c2cc3c(-c4ccc(NC(=O)C(=O)c5ccc(Cl)cc5)cc4)ncnn3c2)cn1.Cn1cc(-c2cc3c(-c4ccc(NC(=O)C(O)c5ccc(Cl)cc5)cc4)ncnn3c2)cn1. The van der Waals surface area contributed by atoms with E-state index >= 15 is 0 Å². The first kappa shape index (κ1) is 93.9. The molecule has 686 valence electrons. The fraction of sp³-hybridized carbons (Fsp3) is 0.127. The first-order valence-electron chi connectivity index (χ1n) is 43.1. The molecule has 0 saturated carbocycles. The van der Waals surface area contributed by atoms with Crippen molar-refractivity contribution >= 4 is 121 Å². The second kappa shape index (κ2) is 42.3. The van der Waals surface area contributed by atoms with E-state index in [1.54, 1.807) is 138 Å². The lowest BCUT2D eigenvalue weighted by molar-refractivity contribution is -0.124. The van der Waals surface area contributed by atoms with Crippen LogP contribution in [0.3, 0.4) is 0 Å². The van der Waals surface area contributed by atoms with Gasteiger partial charge in [0.15, 0.2) is 6.10 Å². The Bertz CT molecular complexity index is 7460. The molecule has 5 N–H and O–H groups in total. The summed E-state index contributed by atoms with van der Waals surface area (Å²) in [5.74, 6) is -2.38. The molecule has 8 aromatic carbocycles. The van der Waals surface area contributed by atoms with Crippen molar-refractivity contribution in [2.75, 3.05) is 35.4 Å². The van der Waals surface area contributed by atoms with Gasteiger partial charge in [0.25, 0.3) is 17.6 Å². The minimum atomic E-state index is -1.30. The molecule has 0 bridgehead atoms. The molecule has 31 nitrogen and oxygen atoms in total. The van der Waals surface area contributed by atoms with Crippen molar-refractivity contribution in [2.45, 2.75) is 45.3 Å². The Labute approximate surface area is 805 Å². The molecule has 3 atom stereocenters. The van der Waals surface area contributed by atoms with Crippen molar-refractivity contribution in [1.82, 2.24) is 102 Å². The van der Waals surface area contributed by atoms with Crippen LogP contribution in [0.2, 0.25) is 20.1 Å². The number of fused-ring (bicyclic) bond motifs is 4. The van der Waals surface area contributed by atoms with Crippen molar-refractivity contribution < 1.29 is 29.1 Å².